The molecule has 3 rings (SSSR count). The Morgan fingerprint density at radius 2 is 2.04 bits per heavy atom. The number of aryl methyl sites for hydroxylation is 3. The van der Waals surface area contributed by atoms with Crippen LogP contribution in [0.25, 0.3) is 0 Å². The monoisotopic (exact) mass is 353 g/mol. The summed E-state index contributed by atoms with van der Waals surface area (Å²) in [6.07, 6.45) is 2.90. The van der Waals surface area contributed by atoms with Gasteiger partial charge in [-0.2, -0.15) is 5.10 Å². The number of rotatable bonds is 4. The van der Waals surface area contributed by atoms with Crippen molar-refractivity contribution in [3.8, 4) is 0 Å². The van der Waals surface area contributed by atoms with E-state index in [4.69, 9.17) is 0 Å². The molecule has 4 heteroatoms. The lowest BCUT2D eigenvalue weighted by atomic mass is 9.70. The number of nitrogens with one attached hydrogen (secondary N) is 1. The standard InChI is InChI=1S/C22H31N3O/c1-14(13-19-15(2)24-25(6)16(19)3)21(26)23-20-18-10-8-7-9-17(18)11-12-22(20,4)5/h7-10,14,20H,11-13H2,1-6H3,(H,23,26). The zero-order valence-electron chi connectivity index (χ0n) is 16.9. The van der Waals surface area contributed by atoms with Crippen LogP contribution in [-0.2, 0) is 24.7 Å². The molecular weight excluding hydrogens is 322 g/mol. The second kappa shape index (κ2) is 6.90. The molecule has 0 aliphatic heterocycles. The Kier molecular flexibility index (Phi) is 4.96. The lowest BCUT2D eigenvalue weighted by molar-refractivity contribution is -0.126. The Morgan fingerprint density at radius 3 is 2.69 bits per heavy atom. The maximum atomic E-state index is 13.0. The highest BCUT2D eigenvalue weighted by Gasteiger charge is 2.37. The van der Waals surface area contributed by atoms with Crippen molar-refractivity contribution in [3.63, 3.8) is 0 Å². The highest BCUT2D eigenvalue weighted by Crippen LogP contribution is 2.43. The van der Waals surface area contributed by atoms with Crippen molar-refractivity contribution in [1.82, 2.24) is 15.1 Å². The minimum Gasteiger partial charge on any atom is -0.349 e. The number of hydrogen-bond acceptors (Lipinski definition) is 2. The largest absolute Gasteiger partial charge is 0.349 e. The van der Waals surface area contributed by atoms with Crippen molar-refractivity contribution in [1.29, 1.82) is 0 Å². The van der Waals surface area contributed by atoms with Crippen LogP contribution >= 0.6 is 0 Å². The van der Waals surface area contributed by atoms with E-state index < -0.39 is 0 Å². The normalized spacial score (nSPS) is 19.7. The molecular formula is C22H31N3O. The van der Waals surface area contributed by atoms with E-state index >= 15 is 0 Å². The molecule has 2 atom stereocenters. The van der Waals surface area contributed by atoms with Gasteiger partial charge in [-0.1, -0.05) is 45.0 Å². The summed E-state index contributed by atoms with van der Waals surface area (Å²) in [7, 11) is 1.96. The maximum absolute atomic E-state index is 13.0. The molecule has 1 aromatic carbocycles. The van der Waals surface area contributed by atoms with Gasteiger partial charge in [0.2, 0.25) is 5.91 Å². The first-order valence-electron chi connectivity index (χ1n) is 9.58. The van der Waals surface area contributed by atoms with Crippen LogP contribution in [0.1, 0.15) is 61.3 Å². The van der Waals surface area contributed by atoms with Gasteiger partial charge in [0.15, 0.2) is 0 Å². The smallest absolute Gasteiger partial charge is 0.223 e. The molecule has 1 N–H and O–H groups in total. The van der Waals surface area contributed by atoms with E-state index in [1.807, 2.05) is 25.6 Å². The molecule has 140 valence electrons. The molecule has 1 amide bonds. The molecule has 0 saturated carbocycles. The summed E-state index contributed by atoms with van der Waals surface area (Å²) < 4.78 is 1.90. The van der Waals surface area contributed by atoms with E-state index in [0.717, 1.165) is 30.7 Å². The Hall–Kier alpha value is -2.10. The van der Waals surface area contributed by atoms with E-state index in [1.54, 1.807) is 0 Å². The quantitative estimate of drug-likeness (QED) is 0.901. The lowest BCUT2D eigenvalue weighted by Crippen LogP contribution is -2.43. The number of nitrogens with zero attached hydrogens (tertiary/aromatic N) is 2. The number of carbonyl (C=O) groups is 1. The average molecular weight is 354 g/mol. The zero-order chi connectivity index (χ0) is 19.1. The van der Waals surface area contributed by atoms with Crippen LogP contribution in [0.5, 0.6) is 0 Å². The zero-order valence-corrected chi connectivity index (χ0v) is 16.9. The van der Waals surface area contributed by atoms with Crippen molar-refractivity contribution < 1.29 is 4.79 Å². The summed E-state index contributed by atoms with van der Waals surface area (Å²) in [6.45, 7) is 10.6. The molecule has 0 radical (unpaired) electrons. The summed E-state index contributed by atoms with van der Waals surface area (Å²) in [5, 5.41) is 7.84. The van der Waals surface area contributed by atoms with E-state index in [-0.39, 0.29) is 23.3 Å². The minimum absolute atomic E-state index is 0.0594. The topological polar surface area (TPSA) is 46.9 Å². The van der Waals surface area contributed by atoms with Gasteiger partial charge in [0.1, 0.15) is 0 Å². The van der Waals surface area contributed by atoms with Gasteiger partial charge < -0.3 is 5.32 Å². The molecule has 1 aliphatic rings. The molecule has 2 aromatic rings. The molecule has 2 unspecified atom stereocenters. The van der Waals surface area contributed by atoms with Gasteiger partial charge in [0, 0.05) is 18.7 Å². The lowest BCUT2D eigenvalue weighted by Gasteiger charge is -2.41. The SMILES string of the molecule is Cc1nn(C)c(C)c1CC(C)C(=O)NC1c2ccccc2CCC1(C)C. The van der Waals surface area contributed by atoms with Crippen molar-refractivity contribution in [2.45, 2.75) is 59.9 Å². The van der Waals surface area contributed by atoms with Crippen LogP contribution in [0.4, 0.5) is 0 Å². The van der Waals surface area contributed by atoms with Gasteiger partial charge >= 0.3 is 0 Å². The van der Waals surface area contributed by atoms with Crippen molar-refractivity contribution >= 4 is 5.91 Å². The summed E-state index contributed by atoms with van der Waals surface area (Å²) in [4.78, 5) is 13.0. The predicted molar refractivity (Wildman–Crippen MR) is 105 cm³/mol. The number of hydrogen-bond donors (Lipinski definition) is 1. The van der Waals surface area contributed by atoms with E-state index in [9.17, 15) is 4.79 Å². The molecule has 26 heavy (non-hydrogen) atoms. The Bertz CT molecular complexity index is 819. The number of amides is 1. The Balaban J connectivity index is 1.78. The number of benzene rings is 1. The molecule has 4 nitrogen and oxygen atoms in total. The maximum Gasteiger partial charge on any atom is 0.223 e. The third-order valence-corrected chi connectivity index (χ3v) is 6.09. The van der Waals surface area contributed by atoms with Gasteiger partial charge in [-0.25, -0.2) is 0 Å². The van der Waals surface area contributed by atoms with Gasteiger partial charge in [0.05, 0.1) is 11.7 Å². The Labute approximate surface area is 157 Å². The molecule has 0 bridgehead atoms. The van der Waals surface area contributed by atoms with Crippen LogP contribution in [0.3, 0.4) is 0 Å². The molecule has 1 aliphatic carbocycles. The second-order valence-corrected chi connectivity index (χ2v) is 8.51. The highest BCUT2D eigenvalue weighted by molar-refractivity contribution is 5.79. The first-order valence-corrected chi connectivity index (χ1v) is 9.58. The van der Waals surface area contributed by atoms with Crippen LogP contribution < -0.4 is 5.32 Å². The van der Waals surface area contributed by atoms with E-state index in [0.29, 0.717) is 0 Å². The van der Waals surface area contributed by atoms with Crippen molar-refractivity contribution in [2.24, 2.45) is 18.4 Å². The first kappa shape index (κ1) is 18.7. The second-order valence-electron chi connectivity index (χ2n) is 8.51. The highest BCUT2D eigenvalue weighted by atomic mass is 16.1. The van der Waals surface area contributed by atoms with Crippen LogP contribution in [0, 0.1) is 25.2 Å². The Morgan fingerprint density at radius 1 is 1.35 bits per heavy atom. The van der Waals surface area contributed by atoms with Gasteiger partial charge in [-0.05, 0) is 55.2 Å². The molecule has 0 saturated heterocycles. The fraction of sp³-hybridized carbons (Fsp3) is 0.545. The summed E-state index contributed by atoms with van der Waals surface area (Å²) in [5.41, 5.74) is 6.06. The summed E-state index contributed by atoms with van der Waals surface area (Å²) in [5.74, 6) is 0.0453. The molecule has 0 spiro atoms. The van der Waals surface area contributed by atoms with E-state index in [1.165, 1.54) is 16.7 Å². The number of aromatic nitrogens is 2. The summed E-state index contributed by atoms with van der Waals surface area (Å²) in [6, 6.07) is 8.59. The van der Waals surface area contributed by atoms with Gasteiger partial charge in [-0.3, -0.25) is 9.48 Å². The minimum atomic E-state index is -0.0820. The van der Waals surface area contributed by atoms with Crippen LogP contribution in [-0.4, -0.2) is 15.7 Å². The third kappa shape index (κ3) is 3.42. The fourth-order valence-electron chi connectivity index (χ4n) is 4.14. The number of fused-ring (bicyclic) bond motifs is 1. The van der Waals surface area contributed by atoms with Crippen molar-refractivity contribution in [3.05, 3.63) is 52.3 Å². The van der Waals surface area contributed by atoms with Gasteiger partial charge in [0.25, 0.3) is 0 Å². The third-order valence-electron chi connectivity index (χ3n) is 6.09. The fourth-order valence-corrected chi connectivity index (χ4v) is 4.14. The van der Waals surface area contributed by atoms with Crippen LogP contribution in [0.15, 0.2) is 24.3 Å². The first-order chi connectivity index (χ1) is 12.2. The molecule has 1 heterocycles. The molecule has 1 aromatic heterocycles. The van der Waals surface area contributed by atoms with Crippen molar-refractivity contribution in [2.75, 3.05) is 0 Å². The number of carbonyl (C=O) groups excluding carboxylic acids is 1. The predicted octanol–water partition coefficient (Wildman–Crippen LogP) is 4.05. The van der Waals surface area contributed by atoms with E-state index in [2.05, 4.69) is 55.5 Å². The van der Waals surface area contributed by atoms with Gasteiger partial charge in [-0.15, -0.1) is 0 Å². The average Bonchev–Trinajstić information content (AvgIpc) is 2.83. The molecule has 0 fully saturated rings. The van der Waals surface area contributed by atoms with Crippen LogP contribution in [0.2, 0.25) is 0 Å². The summed E-state index contributed by atoms with van der Waals surface area (Å²) >= 11 is 0.